The molecule has 2 amide bonds. The molecule has 0 radical (unpaired) electrons. The number of hydrogen-bond donors (Lipinski definition) is 1. The second-order valence-corrected chi connectivity index (χ2v) is 17.2. The molecule has 6 atom stereocenters. The smallest absolute Gasteiger partial charge is 0.286 e. The van der Waals surface area contributed by atoms with Crippen LogP contribution >= 0.6 is 23.2 Å². The number of rotatable bonds is 3. The Kier molecular flexibility index (Phi) is 9.79. The van der Waals surface area contributed by atoms with Crippen molar-refractivity contribution in [3.63, 3.8) is 0 Å². The van der Waals surface area contributed by atoms with Gasteiger partial charge < -0.3 is 14.4 Å². The van der Waals surface area contributed by atoms with E-state index in [0.29, 0.717) is 37.2 Å². The van der Waals surface area contributed by atoms with Crippen LogP contribution in [0.15, 0.2) is 59.1 Å². The van der Waals surface area contributed by atoms with Crippen molar-refractivity contribution < 1.29 is 23.3 Å². The summed E-state index contributed by atoms with van der Waals surface area (Å²) in [4.78, 5) is 29.7. The van der Waals surface area contributed by atoms with Gasteiger partial charge in [-0.15, -0.1) is 4.36 Å². The van der Waals surface area contributed by atoms with Gasteiger partial charge in [0.15, 0.2) is 5.15 Å². The molecule has 3 heterocycles. The highest BCUT2D eigenvalue weighted by atomic mass is 35.5. The molecule has 1 unspecified atom stereocenters. The van der Waals surface area contributed by atoms with Gasteiger partial charge in [-0.1, -0.05) is 48.3 Å². The van der Waals surface area contributed by atoms with Gasteiger partial charge in [0.25, 0.3) is 11.8 Å². The summed E-state index contributed by atoms with van der Waals surface area (Å²) in [5.74, 6) is -0.211. The van der Waals surface area contributed by atoms with Crippen LogP contribution in [0.2, 0.25) is 10.2 Å². The van der Waals surface area contributed by atoms with E-state index in [0.717, 1.165) is 49.4 Å². The first-order chi connectivity index (χ1) is 24.0. The molecular formula is C37H43Cl2N5O5S. The van der Waals surface area contributed by atoms with Crippen molar-refractivity contribution in [3.8, 4) is 5.75 Å². The third-order valence-corrected chi connectivity index (χ3v) is 13.3. The predicted molar refractivity (Wildman–Crippen MR) is 196 cm³/mol. The lowest BCUT2D eigenvalue weighted by atomic mass is 9.68. The maximum Gasteiger partial charge on any atom is 0.286 e. The molecule has 2 aromatic carbocycles. The standard InChI is InChI=1S/C37H43Cl2N5O5S/c1-23-6-4-8-32(48-3)28-12-9-26(28)18-44-21-37(15-5-7-24-16-27(38)11-13-30(24)37)22-49-33-14-10-25(17-31(33)44)35(45)41-50(47,20-23)42-36(46)29-19-43(2)40-34(29)39/h4,8,10-11,13-14,16-17,19,23,26,28,32H,5-7,9,12,15,18,20-22H2,1-3H3,(H,41,42,45,46,47)/b8-4+/t23-,26-,28+,32-,37-,50?/m0/s1. The number of methoxy groups -OCH3 is 1. The molecule has 1 spiro atoms. The lowest BCUT2D eigenvalue weighted by Gasteiger charge is -2.46. The van der Waals surface area contributed by atoms with E-state index in [2.05, 4.69) is 43.4 Å². The van der Waals surface area contributed by atoms with E-state index in [1.54, 1.807) is 20.2 Å². The molecular weight excluding hydrogens is 697 g/mol. The van der Waals surface area contributed by atoms with Crippen LogP contribution in [0.1, 0.15) is 70.9 Å². The minimum Gasteiger partial charge on any atom is -0.490 e. The van der Waals surface area contributed by atoms with Crippen LogP contribution in [-0.4, -0.2) is 64.5 Å². The van der Waals surface area contributed by atoms with E-state index in [9.17, 15) is 13.8 Å². The van der Waals surface area contributed by atoms with Gasteiger partial charge in [0.05, 0.1) is 29.7 Å². The number of amides is 2. The lowest BCUT2D eigenvalue weighted by molar-refractivity contribution is 0.0131. The molecule has 2 bridgehead atoms. The van der Waals surface area contributed by atoms with E-state index in [1.165, 1.54) is 22.0 Å². The summed E-state index contributed by atoms with van der Waals surface area (Å²) in [5.41, 5.74) is 3.37. The van der Waals surface area contributed by atoms with Gasteiger partial charge in [-0.05, 0) is 97.7 Å². The molecule has 0 saturated heterocycles. The fourth-order valence-electron chi connectivity index (χ4n) is 8.18. The highest BCUT2D eigenvalue weighted by Gasteiger charge is 2.44. The number of carbonyl (C=O) groups is 2. The number of halogens is 2. The topological polar surface area (TPSA) is 115 Å². The monoisotopic (exact) mass is 739 g/mol. The van der Waals surface area contributed by atoms with Crippen LogP contribution in [0.3, 0.4) is 0 Å². The third-order valence-electron chi connectivity index (χ3n) is 10.8. The van der Waals surface area contributed by atoms with Gasteiger partial charge in [0.1, 0.15) is 15.7 Å². The van der Waals surface area contributed by atoms with Crippen molar-refractivity contribution in [1.29, 1.82) is 0 Å². The highest BCUT2D eigenvalue weighted by molar-refractivity contribution is 7.92. The number of fused-ring (bicyclic) bond motifs is 4. The number of nitrogens with zero attached hydrogens (tertiary/aromatic N) is 4. The van der Waals surface area contributed by atoms with E-state index in [1.807, 2.05) is 25.1 Å². The van der Waals surface area contributed by atoms with Crippen molar-refractivity contribution in [3.05, 3.63) is 87.2 Å². The van der Waals surface area contributed by atoms with Crippen LogP contribution in [0.5, 0.6) is 5.75 Å². The summed E-state index contributed by atoms with van der Waals surface area (Å²) >= 11 is 12.6. The molecule has 3 aromatic rings. The second-order valence-electron chi connectivity index (χ2n) is 14.4. The third kappa shape index (κ3) is 6.94. The second kappa shape index (κ2) is 14.0. The summed E-state index contributed by atoms with van der Waals surface area (Å²) in [6.07, 6.45) is 11.2. The maximum absolute atomic E-state index is 14.5. The van der Waals surface area contributed by atoms with Gasteiger partial charge in [-0.25, -0.2) is 4.21 Å². The summed E-state index contributed by atoms with van der Waals surface area (Å²) in [6, 6.07) is 11.5. The zero-order chi connectivity index (χ0) is 35.2. The number of ether oxygens (including phenoxy) is 2. The molecule has 13 heteroatoms. The Balaban J connectivity index is 1.31. The fraction of sp³-hybridized carbons (Fsp3) is 0.486. The number of allylic oxidation sites excluding steroid dienone is 1. The molecule has 2 aliphatic carbocycles. The number of aryl methyl sites for hydroxylation is 2. The summed E-state index contributed by atoms with van der Waals surface area (Å²) in [5, 5.41) is 4.72. The Hall–Kier alpha value is -3.38. The van der Waals surface area contributed by atoms with Crippen LogP contribution in [0.4, 0.5) is 5.69 Å². The molecule has 7 rings (SSSR count). The molecule has 1 aromatic heterocycles. The van der Waals surface area contributed by atoms with Crippen LogP contribution in [0.25, 0.3) is 0 Å². The number of benzene rings is 2. The number of hydrogen-bond acceptors (Lipinski definition) is 7. The Morgan fingerprint density at radius 2 is 2.02 bits per heavy atom. The Bertz CT molecular complexity index is 1970. The number of anilines is 1. The van der Waals surface area contributed by atoms with Crippen molar-refractivity contribution in [2.45, 2.75) is 57.0 Å². The number of carbonyl (C=O) groups excluding carboxylic acids is 2. The molecule has 1 fully saturated rings. The van der Waals surface area contributed by atoms with E-state index in [-0.39, 0.29) is 39.5 Å². The average Bonchev–Trinajstić information content (AvgIpc) is 3.33. The molecule has 4 aliphatic rings. The number of aromatic nitrogens is 2. The average molecular weight is 741 g/mol. The SMILES string of the molecule is CO[C@H]1/C=C/C[C@H](C)CS(=O)(NC(=O)c2cn(C)nc2Cl)=NC(=O)c2ccc3c(c2)N(C[C@@H]2CC[C@H]21)C[C@@]1(CCCc2cc(Cl)ccc21)CO3. The van der Waals surface area contributed by atoms with Gasteiger partial charge in [-0.2, -0.15) is 5.10 Å². The highest BCUT2D eigenvalue weighted by Crippen LogP contribution is 2.47. The van der Waals surface area contributed by atoms with Gasteiger partial charge in [0, 0.05) is 49.4 Å². The Morgan fingerprint density at radius 3 is 2.76 bits per heavy atom. The summed E-state index contributed by atoms with van der Waals surface area (Å²) in [7, 11) is -0.205. The first-order valence-corrected chi connectivity index (χ1v) is 19.7. The van der Waals surface area contributed by atoms with Gasteiger partial charge in [-0.3, -0.25) is 19.0 Å². The maximum atomic E-state index is 14.5. The zero-order valence-electron chi connectivity index (χ0n) is 28.6. The molecule has 2 aliphatic heterocycles. The quantitative estimate of drug-likeness (QED) is 0.294. The first kappa shape index (κ1) is 35.0. The molecule has 1 N–H and O–H groups in total. The minimum absolute atomic E-state index is 0.0317. The normalized spacial score (nSPS) is 30.2. The molecule has 50 heavy (non-hydrogen) atoms. The van der Waals surface area contributed by atoms with Crippen molar-refractivity contribution in [1.82, 2.24) is 14.5 Å². The molecule has 10 nitrogen and oxygen atoms in total. The van der Waals surface area contributed by atoms with E-state index < -0.39 is 21.7 Å². The van der Waals surface area contributed by atoms with Gasteiger partial charge in [0.2, 0.25) is 0 Å². The van der Waals surface area contributed by atoms with E-state index >= 15 is 0 Å². The van der Waals surface area contributed by atoms with Crippen molar-refractivity contribution >= 4 is 50.6 Å². The lowest BCUT2D eigenvalue weighted by Crippen LogP contribution is -2.49. The zero-order valence-corrected chi connectivity index (χ0v) is 30.9. The largest absolute Gasteiger partial charge is 0.490 e. The van der Waals surface area contributed by atoms with Crippen LogP contribution in [0, 0.1) is 17.8 Å². The first-order valence-electron chi connectivity index (χ1n) is 17.3. The van der Waals surface area contributed by atoms with Crippen molar-refractivity contribution in [2.75, 3.05) is 37.5 Å². The Labute approximate surface area is 303 Å². The van der Waals surface area contributed by atoms with Crippen LogP contribution < -0.4 is 14.4 Å². The Morgan fingerprint density at radius 1 is 1.18 bits per heavy atom. The summed E-state index contributed by atoms with van der Waals surface area (Å²) < 4.78 is 35.3. The molecule has 1 saturated carbocycles. The van der Waals surface area contributed by atoms with Gasteiger partial charge >= 0.3 is 0 Å². The van der Waals surface area contributed by atoms with Crippen molar-refractivity contribution in [2.24, 2.45) is 29.2 Å². The molecule has 266 valence electrons. The van der Waals surface area contributed by atoms with E-state index in [4.69, 9.17) is 32.7 Å². The number of nitrogens with one attached hydrogen (secondary N) is 1. The predicted octanol–water partition coefficient (Wildman–Crippen LogP) is 6.79. The van der Waals surface area contributed by atoms with Crippen LogP contribution in [-0.2, 0) is 33.5 Å². The summed E-state index contributed by atoms with van der Waals surface area (Å²) in [6.45, 7) is 3.89. The fourth-order valence-corrected chi connectivity index (χ4v) is 10.5. The minimum atomic E-state index is -3.59.